The Bertz CT molecular complexity index is 1730. The Morgan fingerprint density at radius 1 is 1.02 bits per heavy atom. The van der Waals surface area contributed by atoms with Crippen molar-refractivity contribution in [3.05, 3.63) is 60.0 Å². The lowest BCUT2D eigenvalue weighted by Crippen LogP contribution is -2.57. The number of benzene rings is 1. The number of carbonyl (C=O) groups is 2. The number of methoxy groups -OCH3 is 1. The van der Waals surface area contributed by atoms with Gasteiger partial charge < -0.3 is 19.5 Å². The first-order valence-electron chi connectivity index (χ1n) is 19.5. The van der Waals surface area contributed by atoms with Crippen LogP contribution >= 0.6 is 0 Å². The maximum Gasteiger partial charge on any atom is 0.409 e. The Morgan fingerprint density at radius 3 is 2.38 bits per heavy atom. The van der Waals surface area contributed by atoms with Crippen molar-refractivity contribution in [2.75, 3.05) is 38.3 Å². The van der Waals surface area contributed by atoms with E-state index in [2.05, 4.69) is 41.2 Å². The molecule has 8 rings (SSSR count). The van der Waals surface area contributed by atoms with Crippen LogP contribution in [-0.4, -0.2) is 75.7 Å². The third-order valence-electron chi connectivity index (χ3n) is 13.1. The van der Waals surface area contributed by atoms with E-state index in [1.54, 1.807) is 25.9 Å². The summed E-state index contributed by atoms with van der Waals surface area (Å²) >= 11 is 0. The van der Waals surface area contributed by atoms with Crippen LogP contribution in [0.1, 0.15) is 109 Å². The molecule has 1 saturated heterocycles. The van der Waals surface area contributed by atoms with Gasteiger partial charge in [0.25, 0.3) is 0 Å². The van der Waals surface area contributed by atoms with Gasteiger partial charge in [0, 0.05) is 49.4 Å². The van der Waals surface area contributed by atoms with E-state index in [1.807, 2.05) is 36.3 Å². The lowest BCUT2D eigenvalue weighted by Gasteiger charge is -2.55. The molecule has 5 fully saturated rings. The molecule has 4 saturated carbocycles. The molecule has 1 aromatic carbocycles. The molecule has 1 aliphatic heterocycles. The minimum atomic E-state index is -0.807. The van der Waals surface area contributed by atoms with E-state index in [1.165, 1.54) is 17.5 Å². The Labute approximate surface area is 308 Å². The van der Waals surface area contributed by atoms with Gasteiger partial charge >= 0.3 is 6.09 Å². The normalized spacial score (nSPS) is 24.3. The minimum Gasteiger partial charge on any atom is -0.496 e. The highest BCUT2D eigenvalue weighted by Crippen LogP contribution is 2.58. The third-order valence-corrected chi connectivity index (χ3v) is 13.1. The second-order valence-corrected chi connectivity index (χ2v) is 17.0. The zero-order valence-electron chi connectivity index (χ0n) is 31.8. The van der Waals surface area contributed by atoms with Gasteiger partial charge in [-0.15, -0.1) is 0 Å². The molecular formula is C42H57N5O5. The van der Waals surface area contributed by atoms with Crippen LogP contribution in [0.4, 0.5) is 10.6 Å². The highest BCUT2D eigenvalue weighted by molar-refractivity contribution is 5.95. The first kappa shape index (κ1) is 36.4. The molecule has 5 aliphatic rings. The average Bonchev–Trinajstić information content (AvgIpc) is 3.63. The number of likely N-dealkylation sites (tertiary alicyclic amines) is 1. The molecular weight excluding hydrogens is 654 g/mol. The first-order valence-corrected chi connectivity index (χ1v) is 19.5. The van der Waals surface area contributed by atoms with Crippen LogP contribution in [0, 0.1) is 24.2 Å². The van der Waals surface area contributed by atoms with Crippen LogP contribution in [0.5, 0.6) is 5.75 Å². The van der Waals surface area contributed by atoms with Gasteiger partial charge in [0.2, 0.25) is 5.91 Å². The number of aryl methyl sites for hydroxylation is 1. The fourth-order valence-electron chi connectivity index (χ4n) is 9.23. The Hall–Kier alpha value is -3.92. The molecule has 2 amide bonds. The number of nitrogens with zero attached hydrogens (tertiary/aromatic N) is 5. The monoisotopic (exact) mass is 711 g/mol. The highest BCUT2D eigenvalue weighted by Gasteiger charge is 2.51. The van der Waals surface area contributed by atoms with Gasteiger partial charge in [-0.25, -0.2) is 9.78 Å². The molecule has 10 nitrogen and oxygen atoms in total. The maximum absolute atomic E-state index is 14.4. The standard InChI is InChI=1S/C42H57N5O5/c1-29-21-34(11-12-36(29)51-5)42-17-14-41(15-18-42,16-19-42)28-46(38(48)31-9-7-6-8-10-31)37-22-32(13-20-43-37)33-23-44-47(24-33)30(2)27-52-39(49)45-25-35(26-45)40(3,4)50/h11-13,20-24,30-31,35,50H,6-10,14-19,25-28H2,1-5H3. The number of carbonyl (C=O) groups excluding carboxylic acids is 2. The number of ether oxygens (including phenoxy) is 2. The van der Waals surface area contributed by atoms with Gasteiger partial charge in [0.1, 0.15) is 18.2 Å². The van der Waals surface area contributed by atoms with Crippen molar-refractivity contribution < 1.29 is 24.2 Å². The largest absolute Gasteiger partial charge is 0.496 e. The van der Waals surface area contributed by atoms with E-state index >= 15 is 0 Å². The average molecular weight is 712 g/mol. The van der Waals surface area contributed by atoms with Gasteiger partial charge in [-0.1, -0.05) is 31.4 Å². The fraction of sp³-hybridized carbons (Fsp3) is 0.619. The molecule has 4 aliphatic carbocycles. The van der Waals surface area contributed by atoms with Crippen LogP contribution < -0.4 is 9.64 Å². The number of fused-ring (bicyclic) bond motifs is 3. The highest BCUT2D eigenvalue weighted by atomic mass is 16.6. The van der Waals surface area contributed by atoms with Crippen LogP contribution in [0.3, 0.4) is 0 Å². The molecule has 1 N–H and O–H groups in total. The maximum atomic E-state index is 14.4. The van der Waals surface area contributed by atoms with E-state index in [0.717, 1.165) is 86.9 Å². The molecule has 52 heavy (non-hydrogen) atoms. The van der Waals surface area contributed by atoms with Gasteiger partial charge in [-0.2, -0.15) is 5.10 Å². The van der Waals surface area contributed by atoms with Gasteiger partial charge in [0.05, 0.1) is 24.9 Å². The molecule has 280 valence electrons. The Balaban J connectivity index is 1.05. The molecule has 3 aromatic rings. The van der Waals surface area contributed by atoms with Crippen molar-refractivity contribution in [1.82, 2.24) is 19.7 Å². The van der Waals surface area contributed by atoms with Crippen molar-refractivity contribution in [1.29, 1.82) is 0 Å². The number of hydrogen-bond donors (Lipinski definition) is 1. The molecule has 1 unspecified atom stereocenters. The minimum absolute atomic E-state index is 0.0488. The summed E-state index contributed by atoms with van der Waals surface area (Å²) in [6.45, 7) is 9.56. The molecule has 10 heteroatoms. The Morgan fingerprint density at radius 2 is 1.73 bits per heavy atom. The van der Waals surface area contributed by atoms with Crippen LogP contribution in [0.25, 0.3) is 11.1 Å². The van der Waals surface area contributed by atoms with E-state index in [9.17, 15) is 14.7 Å². The summed E-state index contributed by atoms with van der Waals surface area (Å²) in [5.74, 6) is 2.01. The molecule has 3 heterocycles. The predicted octanol–water partition coefficient (Wildman–Crippen LogP) is 7.87. The van der Waals surface area contributed by atoms with Gasteiger partial charge in [0.15, 0.2) is 0 Å². The summed E-state index contributed by atoms with van der Waals surface area (Å²) < 4.78 is 13.0. The number of aromatic nitrogens is 3. The SMILES string of the molecule is COc1ccc(C23CCC(CN(C(=O)C4CCCCC4)c4cc(-c5cnn(C(C)COC(=O)N6CC(C(C)(C)O)C6)c5)ccn4)(CC2)CC3)cc1C. The van der Waals surface area contributed by atoms with Gasteiger partial charge in [-0.3, -0.25) is 14.4 Å². The quantitative estimate of drug-likeness (QED) is 0.216. The zero-order valence-corrected chi connectivity index (χ0v) is 31.8. The molecule has 0 radical (unpaired) electrons. The second-order valence-electron chi connectivity index (χ2n) is 17.0. The number of rotatable bonds is 11. The summed E-state index contributed by atoms with van der Waals surface area (Å²) in [6.07, 6.45) is 17.3. The van der Waals surface area contributed by atoms with E-state index in [4.69, 9.17) is 14.5 Å². The lowest BCUT2D eigenvalue weighted by molar-refractivity contribution is -0.124. The third kappa shape index (κ3) is 7.32. The van der Waals surface area contributed by atoms with Crippen LogP contribution in [-0.2, 0) is 14.9 Å². The molecule has 2 bridgehead atoms. The lowest BCUT2D eigenvalue weighted by atomic mass is 9.51. The number of aliphatic hydroxyl groups is 1. The van der Waals surface area contributed by atoms with Crippen molar-refractivity contribution in [3.63, 3.8) is 0 Å². The number of anilines is 1. The summed E-state index contributed by atoms with van der Waals surface area (Å²) in [4.78, 5) is 35.5. The first-order chi connectivity index (χ1) is 24.9. The van der Waals surface area contributed by atoms with Crippen LogP contribution in [0.15, 0.2) is 48.9 Å². The smallest absolute Gasteiger partial charge is 0.409 e. The summed E-state index contributed by atoms with van der Waals surface area (Å²) in [6, 6.07) is 10.6. The summed E-state index contributed by atoms with van der Waals surface area (Å²) in [5, 5.41) is 14.8. The van der Waals surface area contributed by atoms with Crippen molar-refractivity contribution >= 4 is 17.8 Å². The molecule has 1 atom stereocenters. The molecule has 0 spiro atoms. The summed E-state index contributed by atoms with van der Waals surface area (Å²) in [5.41, 5.74) is 4.01. The predicted molar refractivity (Wildman–Crippen MR) is 201 cm³/mol. The van der Waals surface area contributed by atoms with Crippen molar-refractivity contribution in [2.24, 2.45) is 17.3 Å². The summed E-state index contributed by atoms with van der Waals surface area (Å²) in [7, 11) is 1.74. The fourth-order valence-corrected chi connectivity index (χ4v) is 9.23. The van der Waals surface area contributed by atoms with E-state index in [0.29, 0.717) is 19.6 Å². The van der Waals surface area contributed by atoms with Gasteiger partial charge in [-0.05, 0) is 125 Å². The topological polar surface area (TPSA) is 110 Å². The zero-order chi connectivity index (χ0) is 36.7. The van der Waals surface area contributed by atoms with Crippen molar-refractivity contribution in [2.45, 2.75) is 115 Å². The second kappa shape index (κ2) is 14.5. The number of hydrogen-bond acceptors (Lipinski definition) is 7. The van der Waals surface area contributed by atoms with E-state index < -0.39 is 5.60 Å². The number of pyridine rings is 1. The Kier molecular flexibility index (Phi) is 10.1. The number of amides is 2. The van der Waals surface area contributed by atoms with Crippen LogP contribution in [0.2, 0.25) is 0 Å². The van der Waals surface area contributed by atoms with Crippen molar-refractivity contribution in [3.8, 4) is 16.9 Å². The van der Waals surface area contributed by atoms with E-state index in [-0.39, 0.29) is 47.3 Å². The molecule has 2 aromatic heterocycles.